The Kier molecular flexibility index (Phi) is 5.16. The lowest BCUT2D eigenvalue weighted by Crippen LogP contribution is -2.42. The van der Waals surface area contributed by atoms with E-state index in [4.69, 9.17) is 23.2 Å². The summed E-state index contributed by atoms with van der Waals surface area (Å²) in [6.45, 7) is 1.43. The molecule has 0 aromatic heterocycles. The van der Waals surface area contributed by atoms with E-state index >= 15 is 0 Å². The van der Waals surface area contributed by atoms with E-state index in [0.717, 1.165) is 16.7 Å². The van der Waals surface area contributed by atoms with Gasteiger partial charge in [-0.2, -0.15) is 0 Å². The Morgan fingerprint density at radius 3 is 2.59 bits per heavy atom. The zero-order valence-corrected chi connectivity index (χ0v) is 14.0. The highest BCUT2D eigenvalue weighted by Crippen LogP contribution is 2.34. The zero-order chi connectivity index (χ0) is 16.4. The summed E-state index contributed by atoms with van der Waals surface area (Å²) in [5.41, 5.74) is 0.630. The minimum atomic E-state index is -0.975. The molecule has 0 N–H and O–H groups in total. The summed E-state index contributed by atoms with van der Waals surface area (Å²) in [5, 5.41) is 0.220. The number of ether oxygens (including phenoxy) is 1. The highest BCUT2D eigenvalue weighted by Gasteiger charge is 2.41. The van der Waals surface area contributed by atoms with E-state index in [2.05, 4.69) is 4.74 Å². The molecular formula is C14H11Cl2NO4S. The van der Waals surface area contributed by atoms with Gasteiger partial charge in [-0.05, 0) is 42.5 Å². The molecule has 1 aliphatic heterocycles. The molecule has 2 amide bonds. The summed E-state index contributed by atoms with van der Waals surface area (Å²) in [5.74, 6) is -1.20. The van der Waals surface area contributed by atoms with Gasteiger partial charge in [0.1, 0.15) is 6.04 Å². The van der Waals surface area contributed by atoms with Crippen molar-refractivity contribution in [2.45, 2.75) is 13.0 Å². The van der Waals surface area contributed by atoms with Gasteiger partial charge < -0.3 is 4.74 Å². The lowest BCUT2D eigenvalue weighted by atomic mass is 10.2. The maximum atomic E-state index is 12.3. The lowest BCUT2D eigenvalue weighted by molar-refractivity contribution is -0.148. The van der Waals surface area contributed by atoms with Crippen LogP contribution in [0.4, 0.5) is 4.79 Å². The number of nitrogens with zero attached hydrogens (tertiary/aromatic N) is 1. The normalized spacial score (nSPS) is 18.0. The first-order chi connectivity index (χ1) is 10.3. The van der Waals surface area contributed by atoms with Gasteiger partial charge in [0, 0.05) is 0 Å². The predicted molar refractivity (Wildman–Crippen MR) is 85.8 cm³/mol. The number of carbonyl (C=O) groups is 3. The molecule has 0 radical (unpaired) electrons. The van der Waals surface area contributed by atoms with Crippen molar-refractivity contribution in [1.29, 1.82) is 0 Å². The largest absolute Gasteiger partial charge is 0.467 e. The highest BCUT2D eigenvalue weighted by molar-refractivity contribution is 8.18. The van der Waals surface area contributed by atoms with Gasteiger partial charge in [0.05, 0.1) is 22.1 Å². The van der Waals surface area contributed by atoms with E-state index < -0.39 is 23.2 Å². The maximum absolute atomic E-state index is 12.3. The SMILES string of the molecule is COC(=O)C(C)N1C(=O)SC(=Cc2ccc(Cl)c(Cl)c2)C1=O. The van der Waals surface area contributed by atoms with E-state index in [1.807, 2.05) is 0 Å². The van der Waals surface area contributed by atoms with Crippen LogP contribution in [0.25, 0.3) is 6.08 Å². The van der Waals surface area contributed by atoms with Crippen LogP contribution in [-0.2, 0) is 14.3 Å². The molecule has 1 heterocycles. The summed E-state index contributed by atoms with van der Waals surface area (Å²) < 4.78 is 4.56. The number of benzene rings is 1. The molecule has 8 heteroatoms. The molecule has 1 atom stereocenters. The van der Waals surface area contributed by atoms with Gasteiger partial charge in [-0.3, -0.25) is 14.5 Å². The number of halogens is 2. The van der Waals surface area contributed by atoms with Gasteiger partial charge in [0.2, 0.25) is 0 Å². The van der Waals surface area contributed by atoms with Crippen LogP contribution in [0.15, 0.2) is 23.1 Å². The third kappa shape index (κ3) is 3.29. The minimum absolute atomic E-state index is 0.208. The van der Waals surface area contributed by atoms with Gasteiger partial charge in [0.25, 0.3) is 11.1 Å². The number of carbonyl (C=O) groups excluding carboxylic acids is 3. The van der Waals surface area contributed by atoms with Crippen LogP contribution in [0.5, 0.6) is 0 Å². The number of amides is 2. The monoisotopic (exact) mass is 359 g/mol. The second-order valence-electron chi connectivity index (χ2n) is 4.42. The zero-order valence-electron chi connectivity index (χ0n) is 11.6. The summed E-state index contributed by atoms with van der Waals surface area (Å²) in [7, 11) is 1.20. The fourth-order valence-corrected chi connectivity index (χ4v) is 3.06. The third-order valence-corrected chi connectivity index (χ3v) is 4.62. The second kappa shape index (κ2) is 6.73. The van der Waals surface area contributed by atoms with E-state index in [1.54, 1.807) is 18.2 Å². The Morgan fingerprint density at radius 1 is 1.32 bits per heavy atom. The molecule has 2 rings (SSSR count). The number of esters is 1. The van der Waals surface area contributed by atoms with E-state index in [0.29, 0.717) is 15.6 Å². The van der Waals surface area contributed by atoms with E-state index in [9.17, 15) is 14.4 Å². The van der Waals surface area contributed by atoms with Crippen molar-refractivity contribution in [2.75, 3.05) is 7.11 Å². The maximum Gasteiger partial charge on any atom is 0.328 e. The molecule has 0 spiro atoms. The van der Waals surface area contributed by atoms with Crippen molar-refractivity contribution in [3.8, 4) is 0 Å². The molecule has 1 aromatic carbocycles. The van der Waals surface area contributed by atoms with Gasteiger partial charge in [-0.15, -0.1) is 0 Å². The molecule has 0 aliphatic carbocycles. The van der Waals surface area contributed by atoms with Crippen LogP contribution in [-0.4, -0.2) is 35.2 Å². The average molecular weight is 360 g/mol. The number of rotatable bonds is 3. The average Bonchev–Trinajstić information content (AvgIpc) is 2.75. The Balaban J connectivity index is 2.29. The fourth-order valence-electron chi connectivity index (χ4n) is 1.84. The Bertz CT molecular complexity index is 689. The molecule has 22 heavy (non-hydrogen) atoms. The van der Waals surface area contributed by atoms with Crippen LogP contribution in [0.3, 0.4) is 0 Å². The Labute approximate surface area is 141 Å². The molecule has 116 valence electrons. The van der Waals surface area contributed by atoms with Gasteiger partial charge in [0.15, 0.2) is 0 Å². The third-order valence-electron chi connectivity index (χ3n) is 2.99. The minimum Gasteiger partial charge on any atom is -0.467 e. The molecular weight excluding hydrogens is 349 g/mol. The van der Waals surface area contributed by atoms with Crippen molar-refractivity contribution in [2.24, 2.45) is 0 Å². The van der Waals surface area contributed by atoms with Crippen molar-refractivity contribution in [1.82, 2.24) is 4.90 Å². The quantitative estimate of drug-likeness (QED) is 0.609. The van der Waals surface area contributed by atoms with Crippen LogP contribution < -0.4 is 0 Å². The molecule has 0 saturated carbocycles. The van der Waals surface area contributed by atoms with Gasteiger partial charge >= 0.3 is 5.97 Å². The van der Waals surface area contributed by atoms with Gasteiger partial charge in [-0.1, -0.05) is 29.3 Å². The topological polar surface area (TPSA) is 63.7 Å². The summed E-state index contributed by atoms with van der Waals surface area (Å²) >= 11 is 12.5. The van der Waals surface area contributed by atoms with E-state index in [1.165, 1.54) is 20.1 Å². The molecule has 1 saturated heterocycles. The van der Waals surface area contributed by atoms with E-state index in [-0.39, 0.29) is 4.91 Å². The first-order valence-electron chi connectivity index (χ1n) is 6.15. The number of hydrogen-bond acceptors (Lipinski definition) is 5. The van der Waals surface area contributed by atoms with Gasteiger partial charge in [-0.25, -0.2) is 4.79 Å². The van der Waals surface area contributed by atoms with Crippen LogP contribution in [0, 0.1) is 0 Å². The Hall–Kier alpha value is -1.50. The van der Waals surface area contributed by atoms with Crippen LogP contribution in [0.1, 0.15) is 12.5 Å². The molecule has 1 aromatic rings. The standard InChI is InChI=1S/C14H11Cl2NO4S/c1-7(13(19)21-2)17-12(18)11(22-14(17)20)6-8-3-4-9(15)10(16)5-8/h3-7H,1-2H3. The number of thioether (sulfide) groups is 1. The summed E-state index contributed by atoms with van der Waals surface area (Å²) in [6, 6.07) is 3.88. The van der Waals surface area contributed by atoms with Crippen LogP contribution >= 0.6 is 35.0 Å². The van der Waals surface area contributed by atoms with Crippen molar-refractivity contribution in [3.63, 3.8) is 0 Å². The molecule has 1 unspecified atom stereocenters. The Morgan fingerprint density at radius 2 is 2.00 bits per heavy atom. The van der Waals surface area contributed by atoms with Crippen molar-refractivity contribution >= 4 is 58.2 Å². The van der Waals surface area contributed by atoms with Crippen molar-refractivity contribution < 1.29 is 19.1 Å². The summed E-state index contributed by atoms with van der Waals surface area (Å²) in [6.07, 6.45) is 1.52. The van der Waals surface area contributed by atoms with Crippen molar-refractivity contribution in [3.05, 3.63) is 38.7 Å². The molecule has 5 nitrogen and oxygen atoms in total. The first-order valence-corrected chi connectivity index (χ1v) is 7.72. The fraction of sp³-hybridized carbons (Fsp3) is 0.214. The summed E-state index contributed by atoms with van der Waals surface area (Å²) in [4.78, 5) is 36.8. The number of hydrogen-bond donors (Lipinski definition) is 0. The highest BCUT2D eigenvalue weighted by atomic mass is 35.5. The second-order valence-corrected chi connectivity index (χ2v) is 6.23. The molecule has 1 fully saturated rings. The molecule has 0 bridgehead atoms. The molecule has 1 aliphatic rings. The smallest absolute Gasteiger partial charge is 0.328 e. The number of imide groups is 1. The van der Waals surface area contributed by atoms with Crippen LogP contribution in [0.2, 0.25) is 10.0 Å². The lowest BCUT2D eigenvalue weighted by Gasteiger charge is -2.18. The first kappa shape index (κ1) is 16.9. The predicted octanol–water partition coefficient (Wildman–Crippen LogP) is 3.59. The number of methoxy groups -OCH3 is 1.